The average molecular weight is 404 g/mol. The number of ether oxygens (including phenoxy) is 1. The third kappa shape index (κ3) is 5.17. The van der Waals surface area contributed by atoms with E-state index in [9.17, 15) is 18.0 Å². The maximum atomic E-state index is 13.0. The van der Waals surface area contributed by atoms with Crippen LogP contribution in [0.4, 0.5) is 5.69 Å². The van der Waals surface area contributed by atoms with Crippen molar-refractivity contribution >= 4 is 27.4 Å². The fraction of sp³-hybridized carbons (Fsp3) is 0.300. The Hall–Kier alpha value is -2.71. The summed E-state index contributed by atoms with van der Waals surface area (Å²) in [6.45, 7) is 3.10. The minimum absolute atomic E-state index is 0.0380. The lowest BCUT2D eigenvalue weighted by Crippen LogP contribution is -2.38. The van der Waals surface area contributed by atoms with Crippen LogP contribution in [0.15, 0.2) is 53.4 Å². The lowest BCUT2D eigenvalue weighted by Gasteiger charge is -2.21. The van der Waals surface area contributed by atoms with Crippen LogP contribution >= 0.6 is 0 Å². The zero-order chi connectivity index (χ0) is 20.7. The Bertz CT molecular complexity index is 939. The summed E-state index contributed by atoms with van der Waals surface area (Å²) in [4.78, 5) is 23.9. The van der Waals surface area contributed by atoms with Gasteiger partial charge in [-0.05, 0) is 37.6 Å². The molecular weight excluding hydrogens is 380 g/mol. The van der Waals surface area contributed by atoms with E-state index in [1.54, 1.807) is 24.3 Å². The van der Waals surface area contributed by atoms with E-state index in [4.69, 9.17) is 4.74 Å². The number of Topliss-reactive ketones (excluding diaryl/α,β-unsaturated/α-hetero) is 1. The molecule has 0 saturated heterocycles. The Kier molecular flexibility index (Phi) is 7.31. The molecule has 150 valence electrons. The van der Waals surface area contributed by atoms with Crippen molar-refractivity contribution in [2.45, 2.75) is 25.2 Å². The van der Waals surface area contributed by atoms with Gasteiger partial charge in [0, 0.05) is 12.1 Å². The molecule has 0 unspecified atom stereocenters. The van der Waals surface area contributed by atoms with E-state index < -0.39 is 15.9 Å². The lowest BCUT2D eigenvalue weighted by molar-refractivity contribution is -0.116. The molecule has 1 N–H and O–H groups in total. The first-order chi connectivity index (χ1) is 13.3. The molecule has 7 nitrogen and oxygen atoms in total. The molecule has 2 rings (SSSR count). The van der Waals surface area contributed by atoms with Crippen molar-refractivity contribution in [2.75, 3.05) is 25.5 Å². The zero-order valence-corrected chi connectivity index (χ0v) is 17.0. The number of rotatable bonds is 9. The minimum atomic E-state index is -3.88. The second kappa shape index (κ2) is 9.48. The first kappa shape index (κ1) is 21.6. The van der Waals surface area contributed by atoms with Crippen molar-refractivity contribution in [3.8, 4) is 5.75 Å². The van der Waals surface area contributed by atoms with Crippen LogP contribution in [0.1, 0.15) is 30.6 Å². The highest BCUT2D eigenvalue weighted by atomic mass is 32.2. The highest BCUT2D eigenvalue weighted by Crippen LogP contribution is 2.23. The molecule has 0 fully saturated rings. The zero-order valence-electron chi connectivity index (χ0n) is 16.1. The molecule has 0 heterocycles. The van der Waals surface area contributed by atoms with Crippen LogP contribution in [0.3, 0.4) is 0 Å². The number of hydrogen-bond acceptors (Lipinski definition) is 5. The molecule has 0 bridgehead atoms. The van der Waals surface area contributed by atoms with Gasteiger partial charge < -0.3 is 10.1 Å². The van der Waals surface area contributed by atoms with Gasteiger partial charge in [0.25, 0.3) is 0 Å². The van der Waals surface area contributed by atoms with E-state index in [2.05, 4.69) is 5.32 Å². The summed E-state index contributed by atoms with van der Waals surface area (Å²) in [5.74, 6) is -0.131. The molecule has 2 aromatic rings. The van der Waals surface area contributed by atoms with E-state index in [0.717, 1.165) is 4.31 Å². The fourth-order valence-corrected chi connectivity index (χ4v) is 4.13. The Balaban J connectivity index is 2.21. The number of ketones is 1. The first-order valence-electron chi connectivity index (χ1n) is 8.83. The summed E-state index contributed by atoms with van der Waals surface area (Å²) in [5, 5.41) is 2.68. The number of nitrogens with zero attached hydrogens (tertiary/aromatic N) is 1. The van der Waals surface area contributed by atoms with E-state index in [-0.39, 0.29) is 23.8 Å². The fourth-order valence-electron chi connectivity index (χ4n) is 2.64. The maximum Gasteiger partial charge on any atom is 0.243 e. The number of sulfonamides is 1. The minimum Gasteiger partial charge on any atom is -0.495 e. The first-order valence-corrected chi connectivity index (χ1v) is 10.3. The number of carbonyl (C=O) groups excluding carboxylic acids is 2. The molecule has 8 heteroatoms. The van der Waals surface area contributed by atoms with Crippen molar-refractivity contribution in [1.82, 2.24) is 4.31 Å². The summed E-state index contributed by atoms with van der Waals surface area (Å²) < 4.78 is 32.2. The van der Waals surface area contributed by atoms with Crippen LogP contribution in [-0.4, -0.2) is 44.6 Å². The van der Waals surface area contributed by atoms with Crippen LogP contribution < -0.4 is 10.1 Å². The second-order valence-corrected chi connectivity index (χ2v) is 8.11. The van der Waals surface area contributed by atoms with Gasteiger partial charge in [-0.15, -0.1) is 0 Å². The Morgan fingerprint density at radius 1 is 1.07 bits per heavy atom. The molecule has 1 amide bonds. The number of hydrogen-bond donors (Lipinski definition) is 1. The molecule has 0 aromatic heterocycles. The van der Waals surface area contributed by atoms with Gasteiger partial charge >= 0.3 is 0 Å². The molecule has 0 aliphatic rings. The third-order valence-corrected chi connectivity index (χ3v) is 5.93. The van der Waals surface area contributed by atoms with E-state index >= 15 is 0 Å². The van der Waals surface area contributed by atoms with Crippen LogP contribution in [0.25, 0.3) is 0 Å². The third-order valence-electron chi connectivity index (χ3n) is 4.07. The standard InChI is InChI=1S/C20H24N2O5S/c1-4-13-22(14-20(24)21-18-7-5-6-8-19(18)27-3)28(25,26)17-11-9-16(10-12-17)15(2)23/h5-12H,4,13-14H2,1-3H3,(H,21,24). The normalized spacial score (nSPS) is 11.3. The van der Waals surface area contributed by atoms with Crippen LogP contribution in [0.5, 0.6) is 5.75 Å². The molecule has 0 radical (unpaired) electrons. The molecule has 0 atom stereocenters. The summed E-state index contributed by atoms with van der Waals surface area (Å²) in [7, 11) is -2.39. The molecule has 0 saturated carbocycles. The van der Waals surface area contributed by atoms with Gasteiger partial charge in [0.1, 0.15) is 5.75 Å². The molecule has 0 aliphatic carbocycles. The van der Waals surface area contributed by atoms with Gasteiger partial charge in [-0.2, -0.15) is 4.31 Å². The Morgan fingerprint density at radius 2 is 1.71 bits per heavy atom. The number of nitrogens with one attached hydrogen (secondary N) is 1. The number of carbonyl (C=O) groups is 2. The van der Waals surface area contributed by atoms with Crippen molar-refractivity contribution in [3.63, 3.8) is 0 Å². The smallest absolute Gasteiger partial charge is 0.243 e. The number of para-hydroxylation sites is 2. The SMILES string of the molecule is CCCN(CC(=O)Nc1ccccc1OC)S(=O)(=O)c1ccc(C(C)=O)cc1. The second-order valence-electron chi connectivity index (χ2n) is 6.17. The number of benzene rings is 2. The van der Waals surface area contributed by atoms with Crippen molar-refractivity contribution in [1.29, 1.82) is 0 Å². The van der Waals surface area contributed by atoms with Crippen LogP contribution in [0.2, 0.25) is 0 Å². The molecule has 28 heavy (non-hydrogen) atoms. The number of amides is 1. The summed E-state index contributed by atoms with van der Waals surface area (Å²) in [5.41, 5.74) is 0.893. The average Bonchev–Trinajstić information content (AvgIpc) is 2.68. The number of methoxy groups -OCH3 is 1. The maximum absolute atomic E-state index is 13.0. The van der Waals surface area contributed by atoms with Gasteiger partial charge in [0.15, 0.2) is 5.78 Å². The van der Waals surface area contributed by atoms with Gasteiger partial charge in [-0.1, -0.05) is 31.2 Å². The molecular formula is C20H24N2O5S. The van der Waals surface area contributed by atoms with Crippen molar-refractivity contribution < 1.29 is 22.7 Å². The monoisotopic (exact) mass is 404 g/mol. The van der Waals surface area contributed by atoms with Crippen LogP contribution in [0, 0.1) is 0 Å². The van der Waals surface area contributed by atoms with Crippen molar-refractivity contribution in [2.24, 2.45) is 0 Å². The summed E-state index contributed by atoms with van der Waals surface area (Å²) >= 11 is 0. The van der Waals surface area contributed by atoms with E-state index in [1.165, 1.54) is 38.3 Å². The van der Waals surface area contributed by atoms with Gasteiger partial charge in [-0.25, -0.2) is 8.42 Å². The Labute approximate surface area is 165 Å². The number of anilines is 1. The van der Waals surface area contributed by atoms with Gasteiger partial charge in [0.05, 0.1) is 24.2 Å². The predicted octanol–water partition coefficient (Wildman–Crippen LogP) is 2.94. The van der Waals surface area contributed by atoms with Crippen molar-refractivity contribution in [3.05, 3.63) is 54.1 Å². The van der Waals surface area contributed by atoms with E-state index in [0.29, 0.717) is 23.4 Å². The quantitative estimate of drug-likeness (QED) is 0.649. The highest BCUT2D eigenvalue weighted by molar-refractivity contribution is 7.89. The summed E-state index contributed by atoms with van der Waals surface area (Å²) in [6, 6.07) is 12.6. The van der Waals surface area contributed by atoms with Crippen LogP contribution in [-0.2, 0) is 14.8 Å². The molecule has 2 aromatic carbocycles. The largest absolute Gasteiger partial charge is 0.495 e. The molecule has 0 aliphatic heterocycles. The predicted molar refractivity (Wildman–Crippen MR) is 107 cm³/mol. The van der Waals surface area contributed by atoms with Gasteiger partial charge in [-0.3, -0.25) is 9.59 Å². The molecule has 0 spiro atoms. The highest BCUT2D eigenvalue weighted by Gasteiger charge is 2.26. The Morgan fingerprint density at radius 3 is 2.29 bits per heavy atom. The lowest BCUT2D eigenvalue weighted by atomic mass is 10.2. The van der Waals surface area contributed by atoms with E-state index in [1.807, 2.05) is 6.92 Å². The topological polar surface area (TPSA) is 92.8 Å². The summed E-state index contributed by atoms with van der Waals surface area (Å²) in [6.07, 6.45) is 0.548. The van der Waals surface area contributed by atoms with Gasteiger partial charge in [0.2, 0.25) is 15.9 Å².